The molecular formula is C18H19N5O2. The van der Waals surface area contributed by atoms with Gasteiger partial charge in [0.25, 0.3) is 0 Å². The molecule has 1 heterocycles. The van der Waals surface area contributed by atoms with Gasteiger partial charge in [0.15, 0.2) is 17.3 Å². The Balaban J connectivity index is 1.69. The lowest BCUT2D eigenvalue weighted by Gasteiger charge is -2.11. The molecule has 2 N–H and O–H groups in total. The van der Waals surface area contributed by atoms with Crippen LogP contribution in [0.2, 0.25) is 0 Å². The third kappa shape index (κ3) is 4.35. The lowest BCUT2D eigenvalue weighted by atomic mass is 10.2. The highest BCUT2D eigenvalue weighted by Crippen LogP contribution is 2.30. The Morgan fingerprint density at radius 1 is 0.960 bits per heavy atom. The van der Waals surface area contributed by atoms with Crippen LogP contribution in [0.3, 0.4) is 0 Å². The highest BCUT2D eigenvalue weighted by molar-refractivity contribution is 5.61. The Hall–Kier alpha value is -3.35. The second-order valence-electron chi connectivity index (χ2n) is 5.20. The highest BCUT2D eigenvalue weighted by Gasteiger charge is 2.06. The van der Waals surface area contributed by atoms with Crippen LogP contribution < -0.4 is 20.1 Å². The SMILES string of the molecule is COc1ccc(Nc2cnnc(NCc3ccccc3)n2)cc1OC. The zero-order valence-electron chi connectivity index (χ0n) is 14.1. The number of ether oxygens (including phenoxy) is 2. The minimum Gasteiger partial charge on any atom is -0.493 e. The van der Waals surface area contributed by atoms with Crippen LogP contribution in [-0.4, -0.2) is 29.4 Å². The molecule has 0 atom stereocenters. The first-order valence-electron chi connectivity index (χ1n) is 7.75. The fraction of sp³-hybridized carbons (Fsp3) is 0.167. The Morgan fingerprint density at radius 3 is 2.52 bits per heavy atom. The molecule has 128 valence electrons. The molecular weight excluding hydrogens is 318 g/mol. The van der Waals surface area contributed by atoms with Gasteiger partial charge < -0.3 is 20.1 Å². The Morgan fingerprint density at radius 2 is 1.76 bits per heavy atom. The van der Waals surface area contributed by atoms with E-state index in [0.29, 0.717) is 29.8 Å². The Kier molecular flexibility index (Phi) is 5.26. The number of anilines is 3. The Bertz CT molecular complexity index is 827. The van der Waals surface area contributed by atoms with Gasteiger partial charge in [0.1, 0.15) is 0 Å². The van der Waals surface area contributed by atoms with E-state index in [4.69, 9.17) is 9.47 Å². The van der Waals surface area contributed by atoms with Crippen LogP contribution in [0.5, 0.6) is 11.5 Å². The van der Waals surface area contributed by atoms with Crippen molar-refractivity contribution < 1.29 is 9.47 Å². The van der Waals surface area contributed by atoms with Gasteiger partial charge in [-0.3, -0.25) is 0 Å². The summed E-state index contributed by atoms with van der Waals surface area (Å²) in [4.78, 5) is 4.41. The van der Waals surface area contributed by atoms with Gasteiger partial charge in [0.2, 0.25) is 5.95 Å². The van der Waals surface area contributed by atoms with Gasteiger partial charge in [0, 0.05) is 18.3 Å². The maximum absolute atomic E-state index is 5.30. The average molecular weight is 337 g/mol. The van der Waals surface area contributed by atoms with Gasteiger partial charge in [-0.2, -0.15) is 10.1 Å². The van der Waals surface area contributed by atoms with Crippen molar-refractivity contribution in [1.82, 2.24) is 15.2 Å². The molecule has 0 aliphatic rings. The maximum Gasteiger partial charge on any atom is 0.244 e. The van der Waals surface area contributed by atoms with Crippen LogP contribution in [0.15, 0.2) is 54.7 Å². The third-order valence-electron chi connectivity index (χ3n) is 3.51. The van der Waals surface area contributed by atoms with Crippen molar-refractivity contribution in [1.29, 1.82) is 0 Å². The van der Waals surface area contributed by atoms with Crippen LogP contribution in [0.1, 0.15) is 5.56 Å². The molecule has 0 spiro atoms. The summed E-state index contributed by atoms with van der Waals surface area (Å²) < 4.78 is 10.5. The molecule has 1 aromatic heterocycles. The summed E-state index contributed by atoms with van der Waals surface area (Å²) in [5.74, 6) is 2.34. The molecule has 2 aromatic carbocycles. The summed E-state index contributed by atoms with van der Waals surface area (Å²) in [7, 11) is 3.20. The minimum absolute atomic E-state index is 0.453. The first-order valence-corrected chi connectivity index (χ1v) is 7.75. The van der Waals surface area contributed by atoms with Crippen molar-refractivity contribution in [3.8, 4) is 11.5 Å². The summed E-state index contributed by atoms with van der Waals surface area (Å²) >= 11 is 0. The first kappa shape index (κ1) is 16.5. The molecule has 7 heteroatoms. The normalized spacial score (nSPS) is 10.2. The molecule has 25 heavy (non-hydrogen) atoms. The van der Waals surface area contributed by atoms with Gasteiger partial charge in [-0.1, -0.05) is 30.3 Å². The first-order chi connectivity index (χ1) is 12.3. The molecule has 0 amide bonds. The van der Waals surface area contributed by atoms with Crippen LogP contribution in [0.25, 0.3) is 0 Å². The van der Waals surface area contributed by atoms with E-state index in [1.165, 1.54) is 0 Å². The fourth-order valence-corrected chi connectivity index (χ4v) is 2.28. The number of benzene rings is 2. The van der Waals surface area contributed by atoms with Crippen LogP contribution >= 0.6 is 0 Å². The Labute approximate surface area is 146 Å². The number of aromatic nitrogens is 3. The third-order valence-corrected chi connectivity index (χ3v) is 3.51. The summed E-state index contributed by atoms with van der Waals surface area (Å²) in [6, 6.07) is 15.6. The molecule has 0 radical (unpaired) electrons. The molecule has 0 aliphatic heterocycles. The summed E-state index contributed by atoms with van der Waals surface area (Å²) in [6.07, 6.45) is 1.56. The molecule has 3 aromatic rings. The predicted octanol–water partition coefficient (Wildman–Crippen LogP) is 3.24. The van der Waals surface area contributed by atoms with Crippen molar-refractivity contribution in [3.05, 3.63) is 60.3 Å². The van der Waals surface area contributed by atoms with Gasteiger partial charge in [-0.15, -0.1) is 5.10 Å². The van der Waals surface area contributed by atoms with Crippen LogP contribution in [-0.2, 0) is 6.54 Å². The second kappa shape index (κ2) is 7.96. The van der Waals surface area contributed by atoms with Crippen LogP contribution in [0.4, 0.5) is 17.5 Å². The van der Waals surface area contributed by atoms with Crippen molar-refractivity contribution in [2.24, 2.45) is 0 Å². The zero-order valence-corrected chi connectivity index (χ0v) is 14.1. The number of hydrogen-bond donors (Lipinski definition) is 2. The maximum atomic E-state index is 5.30. The largest absolute Gasteiger partial charge is 0.493 e. The predicted molar refractivity (Wildman–Crippen MR) is 96.4 cm³/mol. The summed E-state index contributed by atoms with van der Waals surface area (Å²) in [5, 5.41) is 14.3. The van der Waals surface area contributed by atoms with E-state index < -0.39 is 0 Å². The zero-order chi connectivity index (χ0) is 17.5. The van der Waals surface area contributed by atoms with E-state index in [9.17, 15) is 0 Å². The van der Waals surface area contributed by atoms with Crippen molar-refractivity contribution in [2.75, 3.05) is 24.9 Å². The van der Waals surface area contributed by atoms with E-state index in [1.54, 1.807) is 20.4 Å². The summed E-state index contributed by atoms with van der Waals surface area (Å²) in [5.41, 5.74) is 1.96. The number of hydrogen-bond acceptors (Lipinski definition) is 7. The van der Waals surface area contributed by atoms with Crippen molar-refractivity contribution in [2.45, 2.75) is 6.54 Å². The lowest BCUT2D eigenvalue weighted by Crippen LogP contribution is -2.06. The average Bonchev–Trinajstić information content (AvgIpc) is 2.67. The number of nitrogens with one attached hydrogen (secondary N) is 2. The highest BCUT2D eigenvalue weighted by atomic mass is 16.5. The molecule has 0 aliphatic carbocycles. The number of methoxy groups -OCH3 is 2. The molecule has 0 saturated heterocycles. The molecule has 0 unspecified atom stereocenters. The van der Waals surface area contributed by atoms with E-state index in [2.05, 4.69) is 25.8 Å². The van der Waals surface area contributed by atoms with E-state index >= 15 is 0 Å². The molecule has 0 fully saturated rings. The monoisotopic (exact) mass is 337 g/mol. The quantitative estimate of drug-likeness (QED) is 0.685. The smallest absolute Gasteiger partial charge is 0.244 e. The minimum atomic E-state index is 0.453. The van der Waals surface area contributed by atoms with Gasteiger partial charge in [-0.05, 0) is 17.7 Å². The van der Waals surface area contributed by atoms with E-state index in [-0.39, 0.29) is 0 Å². The van der Waals surface area contributed by atoms with Crippen LogP contribution in [0, 0.1) is 0 Å². The number of rotatable bonds is 7. The van der Waals surface area contributed by atoms with Crippen molar-refractivity contribution >= 4 is 17.5 Å². The fourth-order valence-electron chi connectivity index (χ4n) is 2.28. The molecule has 7 nitrogen and oxygen atoms in total. The van der Waals surface area contributed by atoms with Gasteiger partial charge in [-0.25, -0.2) is 0 Å². The molecule has 0 bridgehead atoms. The molecule has 0 saturated carbocycles. The lowest BCUT2D eigenvalue weighted by molar-refractivity contribution is 0.355. The summed E-state index contributed by atoms with van der Waals surface area (Å²) in [6.45, 7) is 0.627. The second-order valence-corrected chi connectivity index (χ2v) is 5.20. The van der Waals surface area contributed by atoms with Crippen molar-refractivity contribution in [3.63, 3.8) is 0 Å². The van der Waals surface area contributed by atoms with E-state index in [1.807, 2.05) is 48.5 Å². The molecule has 3 rings (SSSR count). The van der Waals surface area contributed by atoms with E-state index in [0.717, 1.165) is 11.3 Å². The van der Waals surface area contributed by atoms with Gasteiger partial charge in [0.05, 0.1) is 20.4 Å². The topological polar surface area (TPSA) is 81.2 Å². The van der Waals surface area contributed by atoms with Gasteiger partial charge >= 0.3 is 0 Å². The standard InChI is InChI=1S/C18H19N5O2/c1-24-15-9-8-14(10-16(15)25-2)21-17-12-20-23-18(22-17)19-11-13-6-4-3-5-7-13/h3-10,12H,11H2,1-2H3,(H2,19,21,22,23). The number of nitrogens with zero attached hydrogens (tertiary/aromatic N) is 3.